The molecule has 0 aliphatic rings. The number of hydrogen-bond donors (Lipinski definition) is 0. The van der Waals surface area contributed by atoms with Gasteiger partial charge in [-0.3, -0.25) is 0 Å². The Labute approximate surface area is 277 Å². The highest BCUT2D eigenvalue weighted by atomic mass is 32.1. The summed E-state index contributed by atoms with van der Waals surface area (Å²) in [6, 6.07) is 48.5. The number of fused-ring (bicyclic) bond motifs is 10. The molecule has 0 spiro atoms. The minimum absolute atomic E-state index is 0.878. The highest BCUT2D eigenvalue weighted by Crippen LogP contribution is 2.44. The van der Waals surface area contributed by atoms with Crippen molar-refractivity contribution in [2.75, 3.05) is 0 Å². The molecule has 0 atom stereocenters. The summed E-state index contributed by atoms with van der Waals surface area (Å²) in [4.78, 5) is 5.39. The molecule has 4 aromatic heterocycles. The van der Waals surface area contributed by atoms with Gasteiger partial charge in [0.1, 0.15) is 38.5 Å². The summed E-state index contributed by atoms with van der Waals surface area (Å²) >= 11 is 1.73. The lowest BCUT2D eigenvalue weighted by molar-refractivity contribution is 0.668. The molecule has 0 unspecified atom stereocenters. The molecule has 4 heterocycles. The summed E-state index contributed by atoms with van der Waals surface area (Å²) < 4.78 is 19.6. The molecule has 48 heavy (non-hydrogen) atoms. The van der Waals surface area contributed by atoms with Crippen LogP contribution in [0.15, 0.2) is 153 Å². The van der Waals surface area contributed by atoms with E-state index in [-0.39, 0.29) is 0 Å². The second kappa shape index (κ2) is 9.67. The molecule has 0 aliphatic carbocycles. The Balaban J connectivity index is 1.16. The van der Waals surface area contributed by atoms with Crippen molar-refractivity contribution >= 4 is 87.4 Å². The predicted molar refractivity (Wildman–Crippen MR) is 198 cm³/mol. The molecular formula is C43H23NO3S. The third-order valence-corrected chi connectivity index (χ3v) is 10.7. The Hall–Kier alpha value is -6.17. The molecule has 5 heteroatoms. The maximum absolute atomic E-state index is 6.16. The van der Waals surface area contributed by atoms with E-state index in [1.807, 2.05) is 36.4 Å². The number of benzene rings is 7. The van der Waals surface area contributed by atoms with Gasteiger partial charge in [-0.15, -0.1) is 11.3 Å². The van der Waals surface area contributed by atoms with Crippen LogP contribution in [-0.4, -0.2) is 4.98 Å². The van der Waals surface area contributed by atoms with Gasteiger partial charge in [0.15, 0.2) is 0 Å². The van der Waals surface area contributed by atoms with Crippen molar-refractivity contribution in [1.82, 2.24) is 4.98 Å². The maximum atomic E-state index is 6.16. The van der Waals surface area contributed by atoms with Crippen LogP contribution in [0.5, 0.6) is 0 Å². The van der Waals surface area contributed by atoms with Gasteiger partial charge in [-0.05, 0) is 71.8 Å². The Bertz CT molecular complexity index is 2930. The van der Waals surface area contributed by atoms with Crippen LogP contribution >= 0.6 is 11.3 Å². The monoisotopic (exact) mass is 633 g/mol. The molecule has 0 fully saturated rings. The third-order valence-electron chi connectivity index (χ3n) is 9.54. The minimum Gasteiger partial charge on any atom is -0.456 e. The van der Waals surface area contributed by atoms with Crippen LogP contribution in [0.4, 0.5) is 0 Å². The van der Waals surface area contributed by atoms with Gasteiger partial charge >= 0.3 is 0 Å². The summed E-state index contributed by atoms with van der Waals surface area (Å²) in [6.45, 7) is 0. The topological polar surface area (TPSA) is 52.3 Å². The molecule has 0 radical (unpaired) electrons. The fraction of sp³-hybridized carbons (Fsp3) is 0. The van der Waals surface area contributed by atoms with Crippen LogP contribution in [0.3, 0.4) is 0 Å². The molecule has 0 aliphatic heterocycles. The number of para-hydroxylation sites is 3. The molecule has 0 bridgehead atoms. The zero-order chi connectivity index (χ0) is 31.3. The largest absolute Gasteiger partial charge is 0.456 e. The molecule has 0 N–H and O–H groups in total. The average Bonchev–Trinajstić information content (AvgIpc) is 3.91. The summed E-state index contributed by atoms with van der Waals surface area (Å²) in [5.74, 6) is 0. The van der Waals surface area contributed by atoms with Crippen LogP contribution in [0.1, 0.15) is 0 Å². The summed E-state index contributed by atoms with van der Waals surface area (Å²) in [5.41, 5.74) is 11.9. The first kappa shape index (κ1) is 26.0. The van der Waals surface area contributed by atoms with Gasteiger partial charge in [0.05, 0.1) is 10.2 Å². The lowest BCUT2D eigenvalue weighted by Gasteiger charge is -2.08. The van der Waals surface area contributed by atoms with Crippen LogP contribution in [0.2, 0.25) is 0 Å². The van der Waals surface area contributed by atoms with E-state index >= 15 is 0 Å². The maximum Gasteiger partial charge on any atom is 0.135 e. The molecule has 0 saturated heterocycles. The Kier molecular flexibility index (Phi) is 5.23. The zero-order valence-electron chi connectivity index (χ0n) is 25.4. The van der Waals surface area contributed by atoms with Gasteiger partial charge < -0.3 is 13.3 Å². The summed E-state index contributed by atoms with van der Waals surface area (Å²) in [5, 5.41) is 7.62. The number of thiazole rings is 1. The fourth-order valence-corrected chi connectivity index (χ4v) is 8.36. The van der Waals surface area contributed by atoms with Gasteiger partial charge in [-0.1, -0.05) is 78.9 Å². The quantitative estimate of drug-likeness (QED) is 0.194. The van der Waals surface area contributed by atoms with Crippen LogP contribution in [-0.2, 0) is 0 Å². The van der Waals surface area contributed by atoms with Gasteiger partial charge in [0.2, 0.25) is 0 Å². The highest BCUT2D eigenvalue weighted by Gasteiger charge is 2.19. The van der Waals surface area contributed by atoms with Crippen molar-refractivity contribution in [3.05, 3.63) is 140 Å². The van der Waals surface area contributed by atoms with Crippen molar-refractivity contribution in [3.8, 4) is 32.8 Å². The van der Waals surface area contributed by atoms with Crippen LogP contribution in [0, 0.1) is 0 Å². The molecule has 7 aromatic carbocycles. The molecule has 11 aromatic rings. The van der Waals surface area contributed by atoms with Crippen LogP contribution < -0.4 is 0 Å². The number of furan rings is 3. The van der Waals surface area contributed by atoms with Crippen molar-refractivity contribution in [3.63, 3.8) is 0 Å². The molecule has 224 valence electrons. The van der Waals surface area contributed by atoms with E-state index in [0.717, 1.165) is 109 Å². The van der Waals surface area contributed by atoms with Gasteiger partial charge in [0.25, 0.3) is 0 Å². The second-order valence-electron chi connectivity index (χ2n) is 12.3. The van der Waals surface area contributed by atoms with Crippen molar-refractivity contribution < 1.29 is 13.3 Å². The SMILES string of the molecule is c1ccc2c(c1)oc1ccc(-c3nc4c(-c5ccc6oc7ccccc7c6c5)ccc(-c5ccc6oc7ccccc7c6c5)c4s3)cc12. The average molecular weight is 634 g/mol. The van der Waals surface area contributed by atoms with Crippen LogP contribution in [0.25, 0.3) is 109 Å². The van der Waals surface area contributed by atoms with E-state index < -0.39 is 0 Å². The molecule has 0 amide bonds. The summed E-state index contributed by atoms with van der Waals surface area (Å²) in [7, 11) is 0. The zero-order valence-corrected chi connectivity index (χ0v) is 26.2. The van der Waals surface area contributed by atoms with E-state index in [2.05, 4.69) is 103 Å². The van der Waals surface area contributed by atoms with E-state index in [9.17, 15) is 0 Å². The standard InChI is InChI=1S/C43H23NO3S/c1-4-10-35-29(7-1)32-21-24(13-18-38(32)45-35)27-16-17-28(25-14-19-39-33(22-25)30-8-2-5-11-36(30)46-39)42-41(27)44-43(48-42)26-15-20-40-34(23-26)31-9-3-6-12-37(31)47-40/h1-23H. The van der Waals surface area contributed by atoms with E-state index in [1.54, 1.807) is 11.3 Å². The van der Waals surface area contributed by atoms with Crippen molar-refractivity contribution in [2.24, 2.45) is 0 Å². The van der Waals surface area contributed by atoms with E-state index in [4.69, 9.17) is 18.2 Å². The number of rotatable bonds is 3. The lowest BCUT2D eigenvalue weighted by Crippen LogP contribution is -1.85. The lowest BCUT2D eigenvalue weighted by atomic mass is 9.97. The highest BCUT2D eigenvalue weighted by molar-refractivity contribution is 7.22. The molecule has 0 saturated carbocycles. The number of aromatic nitrogens is 1. The summed E-state index contributed by atoms with van der Waals surface area (Å²) in [6.07, 6.45) is 0. The first-order chi connectivity index (χ1) is 23.7. The first-order valence-corrected chi connectivity index (χ1v) is 16.8. The third kappa shape index (κ3) is 3.73. The molecular weight excluding hydrogens is 611 g/mol. The van der Waals surface area contributed by atoms with Gasteiger partial charge in [-0.25, -0.2) is 4.98 Å². The Morgan fingerprint density at radius 2 is 0.792 bits per heavy atom. The smallest absolute Gasteiger partial charge is 0.135 e. The van der Waals surface area contributed by atoms with Crippen molar-refractivity contribution in [1.29, 1.82) is 0 Å². The number of hydrogen-bond acceptors (Lipinski definition) is 5. The fourth-order valence-electron chi connectivity index (χ4n) is 7.24. The number of nitrogens with zero attached hydrogens (tertiary/aromatic N) is 1. The predicted octanol–water partition coefficient (Wildman–Crippen LogP) is 13.0. The van der Waals surface area contributed by atoms with Gasteiger partial charge in [-0.2, -0.15) is 0 Å². The van der Waals surface area contributed by atoms with E-state index in [0.29, 0.717) is 0 Å². The Morgan fingerprint density at radius 3 is 1.33 bits per heavy atom. The normalized spacial score (nSPS) is 12.2. The second-order valence-corrected chi connectivity index (χ2v) is 13.3. The van der Waals surface area contributed by atoms with E-state index in [1.165, 1.54) is 0 Å². The minimum atomic E-state index is 0.878. The van der Waals surface area contributed by atoms with Gasteiger partial charge in [0, 0.05) is 49.0 Å². The Morgan fingerprint density at radius 1 is 0.375 bits per heavy atom. The molecule has 4 nitrogen and oxygen atoms in total. The first-order valence-electron chi connectivity index (χ1n) is 15.9. The van der Waals surface area contributed by atoms with Crippen molar-refractivity contribution in [2.45, 2.75) is 0 Å². The molecule has 11 rings (SSSR count).